The molecule has 0 N–H and O–H groups in total. The molecule has 2 heterocycles. The molecule has 0 bridgehead atoms. The lowest BCUT2D eigenvalue weighted by atomic mass is 10.1. The Morgan fingerprint density at radius 1 is 0.750 bits per heavy atom. The Bertz CT molecular complexity index is 728. The van der Waals surface area contributed by atoms with E-state index in [1.807, 2.05) is 36.4 Å². The van der Waals surface area contributed by atoms with Gasteiger partial charge in [0.05, 0.1) is 21.4 Å². The van der Waals surface area contributed by atoms with E-state index < -0.39 is 0 Å². The first-order valence-electron chi connectivity index (χ1n) is 5.94. The van der Waals surface area contributed by atoms with Gasteiger partial charge < -0.3 is 0 Å². The maximum Gasteiger partial charge on any atom is 0.0945 e. The average Bonchev–Trinajstić information content (AvgIpc) is 2.51. The zero-order valence-electron chi connectivity index (χ0n) is 10.3. The summed E-state index contributed by atoms with van der Waals surface area (Å²) in [7, 11) is 0. The van der Waals surface area contributed by atoms with Crippen LogP contribution in [0.5, 0.6) is 0 Å². The summed E-state index contributed by atoms with van der Waals surface area (Å²) in [6.45, 7) is 0. The predicted octanol–water partition coefficient (Wildman–Crippen LogP) is 4.51. The molecule has 0 atom stereocenters. The average molecular weight is 302 g/mol. The number of hydrogen-bond acceptors (Lipinski definition) is 3. The monoisotopic (exact) mass is 301 g/mol. The Balaban J connectivity index is 2.00. The standard InChI is InChI=1S/C15H9Cl2N3/c16-12-3-1-2-11(15(12)17)14-5-4-13(19-20-14)10-6-8-18-9-7-10/h1-9H. The van der Waals surface area contributed by atoms with Crippen LogP contribution in [0, 0.1) is 0 Å². The highest BCUT2D eigenvalue weighted by atomic mass is 35.5. The number of hydrogen-bond donors (Lipinski definition) is 0. The van der Waals surface area contributed by atoms with Crippen LogP contribution < -0.4 is 0 Å². The molecule has 2 aromatic heterocycles. The lowest BCUT2D eigenvalue weighted by Gasteiger charge is -2.05. The van der Waals surface area contributed by atoms with Gasteiger partial charge in [0.15, 0.2) is 0 Å². The van der Waals surface area contributed by atoms with Crippen molar-refractivity contribution < 1.29 is 0 Å². The normalized spacial score (nSPS) is 10.5. The Morgan fingerprint density at radius 2 is 1.45 bits per heavy atom. The Kier molecular flexibility index (Phi) is 3.63. The first-order chi connectivity index (χ1) is 9.75. The molecule has 0 amide bonds. The van der Waals surface area contributed by atoms with Crippen LogP contribution >= 0.6 is 23.2 Å². The second-order valence-electron chi connectivity index (χ2n) is 4.14. The summed E-state index contributed by atoms with van der Waals surface area (Å²) in [4.78, 5) is 3.98. The summed E-state index contributed by atoms with van der Waals surface area (Å²) >= 11 is 12.2. The van der Waals surface area contributed by atoms with Crippen molar-refractivity contribution in [3.8, 4) is 22.5 Å². The number of halogens is 2. The molecule has 0 spiro atoms. The molecule has 3 aromatic rings. The minimum atomic E-state index is 0.486. The Hall–Kier alpha value is -1.97. The largest absolute Gasteiger partial charge is 0.265 e. The van der Waals surface area contributed by atoms with E-state index in [0.717, 1.165) is 16.8 Å². The van der Waals surface area contributed by atoms with Crippen molar-refractivity contribution in [3.05, 3.63) is 64.9 Å². The molecule has 0 aliphatic carbocycles. The van der Waals surface area contributed by atoms with Gasteiger partial charge in [-0.3, -0.25) is 4.98 Å². The van der Waals surface area contributed by atoms with Crippen LogP contribution in [0.4, 0.5) is 0 Å². The number of benzene rings is 1. The van der Waals surface area contributed by atoms with Crippen molar-refractivity contribution >= 4 is 23.2 Å². The zero-order chi connectivity index (χ0) is 13.9. The van der Waals surface area contributed by atoms with Crippen molar-refractivity contribution in [2.24, 2.45) is 0 Å². The van der Waals surface area contributed by atoms with E-state index in [-0.39, 0.29) is 0 Å². The summed E-state index contributed by atoms with van der Waals surface area (Å²) in [6, 6.07) is 13.0. The maximum absolute atomic E-state index is 6.18. The molecule has 0 saturated heterocycles. The molecule has 0 fully saturated rings. The van der Waals surface area contributed by atoms with Gasteiger partial charge in [-0.2, -0.15) is 0 Å². The van der Waals surface area contributed by atoms with Crippen molar-refractivity contribution in [2.45, 2.75) is 0 Å². The summed E-state index contributed by atoms with van der Waals surface area (Å²) in [6.07, 6.45) is 3.44. The van der Waals surface area contributed by atoms with Gasteiger partial charge in [-0.25, -0.2) is 0 Å². The second-order valence-corrected chi connectivity index (χ2v) is 4.93. The van der Waals surface area contributed by atoms with Crippen LogP contribution in [0.2, 0.25) is 10.0 Å². The van der Waals surface area contributed by atoms with E-state index in [1.54, 1.807) is 18.5 Å². The summed E-state index contributed by atoms with van der Waals surface area (Å²) in [5.74, 6) is 0. The minimum absolute atomic E-state index is 0.486. The van der Waals surface area contributed by atoms with E-state index in [4.69, 9.17) is 23.2 Å². The molecule has 20 heavy (non-hydrogen) atoms. The van der Waals surface area contributed by atoms with Gasteiger partial charge in [0.25, 0.3) is 0 Å². The van der Waals surface area contributed by atoms with Crippen LogP contribution in [0.3, 0.4) is 0 Å². The molecular weight excluding hydrogens is 293 g/mol. The first kappa shape index (κ1) is 13.0. The van der Waals surface area contributed by atoms with Crippen molar-refractivity contribution in [2.75, 3.05) is 0 Å². The highest BCUT2D eigenvalue weighted by Gasteiger charge is 2.09. The molecule has 0 aliphatic heterocycles. The molecule has 0 radical (unpaired) electrons. The third kappa shape index (κ3) is 2.50. The smallest absolute Gasteiger partial charge is 0.0945 e. The molecule has 0 unspecified atom stereocenters. The van der Waals surface area contributed by atoms with E-state index in [2.05, 4.69) is 15.2 Å². The fourth-order valence-electron chi connectivity index (χ4n) is 1.85. The molecule has 0 saturated carbocycles. The molecule has 5 heteroatoms. The van der Waals surface area contributed by atoms with Gasteiger partial charge in [0.2, 0.25) is 0 Å². The molecule has 1 aromatic carbocycles. The molecule has 3 nitrogen and oxygen atoms in total. The highest BCUT2D eigenvalue weighted by Crippen LogP contribution is 2.32. The van der Waals surface area contributed by atoms with Crippen LogP contribution in [0.1, 0.15) is 0 Å². The van der Waals surface area contributed by atoms with E-state index >= 15 is 0 Å². The predicted molar refractivity (Wildman–Crippen MR) is 80.7 cm³/mol. The van der Waals surface area contributed by atoms with Crippen molar-refractivity contribution in [3.63, 3.8) is 0 Å². The van der Waals surface area contributed by atoms with Crippen LogP contribution in [0.15, 0.2) is 54.9 Å². The number of rotatable bonds is 2. The number of pyridine rings is 1. The van der Waals surface area contributed by atoms with Gasteiger partial charge in [0, 0.05) is 23.5 Å². The highest BCUT2D eigenvalue weighted by molar-refractivity contribution is 6.43. The minimum Gasteiger partial charge on any atom is -0.265 e. The third-order valence-electron chi connectivity index (χ3n) is 2.87. The first-order valence-corrected chi connectivity index (χ1v) is 6.70. The quantitative estimate of drug-likeness (QED) is 0.699. The topological polar surface area (TPSA) is 38.7 Å². The van der Waals surface area contributed by atoms with Crippen molar-refractivity contribution in [1.82, 2.24) is 15.2 Å². The van der Waals surface area contributed by atoms with Gasteiger partial charge in [0.1, 0.15) is 0 Å². The molecular formula is C15H9Cl2N3. The zero-order valence-corrected chi connectivity index (χ0v) is 11.8. The van der Waals surface area contributed by atoms with E-state index in [1.165, 1.54) is 0 Å². The van der Waals surface area contributed by atoms with Crippen LogP contribution in [-0.4, -0.2) is 15.2 Å². The summed E-state index contributed by atoms with van der Waals surface area (Å²) < 4.78 is 0. The second kappa shape index (κ2) is 5.57. The fraction of sp³-hybridized carbons (Fsp3) is 0. The lowest BCUT2D eigenvalue weighted by Crippen LogP contribution is -1.91. The lowest BCUT2D eigenvalue weighted by molar-refractivity contribution is 1.04. The van der Waals surface area contributed by atoms with Gasteiger partial charge >= 0.3 is 0 Å². The van der Waals surface area contributed by atoms with Crippen LogP contribution in [0.25, 0.3) is 22.5 Å². The fourth-order valence-corrected chi connectivity index (χ4v) is 2.25. The van der Waals surface area contributed by atoms with Crippen LogP contribution in [-0.2, 0) is 0 Å². The summed E-state index contributed by atoms with van der Waals surface area (Å²) in [5, 5.41) is 9.42. The number of aromatic nitrogens is 3. The summed E-state index contributed by atoms with van der Waals surface area (Å²) in [5.41, 5.74) is 3.22. The van der Waals surface area contributed by atoms with Crippen molar-refractivity contribution in [1.29, 1.82) is 0 Å². The Morgan fingerprint density at radius 3 is 2.15 bits per heavy atom. The van der Waals surface area contributed by atoms with E-state index in [0.29, 0.717) is 15.7 Å². The third-order valence-corrected chi connectivity index (χ3v) is 3.69. The van der Waals surface area contributed by atoms with E-state index in [9.17, 15) is 0 Å². The molecule has 0 aliphatic rings. The molecule has 3 rings (SSSR count). The maximum atomic E-state index is 6.18. The molecule has 98 valence electrons. The Labute approximate surface area is 126 Å². The SMILES string of the molecule is Clc1cccc(-c2ccc(-c3ccncc3)nn2)c1Cl. The van der Waals surface area contributed by atoms with Gasteiger partial charge in [-0.15, -0.1) is 10.2 Å². The number of nitrogens with zero attached hydrogens (tertiary/aromatic N) is 3. The van der Waals surface area contributed by atoms with Gasteiger partial charge in [-0.1, -0.05) is 35.3 Å². The van der Waals surface area contributed by atoms with Gasteiger partial charge in [-0.05, 0) is 30.3 Å².